The molecule has 0 atom stereocenters. The van der Waals surface area contributed by atoms with Crippen molar-refractivity contribution in [3.63, 3.8) is 0 Å². The van der Waals surface area contributed by atoms with Crippen LogP contribution in [-0.2, 0) is 29.5 Å². The van der Waals surface area contributed by atoms with E-state index < -0.39 is 15.9 Å². The van der Waals surface area contributed by atoms with Crippen LogP contribution in [0.15, 0.2) is 52.7 Å². The summed E-state index contributed by atoms with van der Waals surface area (Å²) in [5.74, 6) is -0.393. The number of hydrogen-bond donors (Lipinski definition) is 1. The summed E-state index contributed by atoms with van der Waals surface area (Å²) in [4.78, 5) is 13.8. The number of carbonyl (C=O) groups is 1. The molecule has 2 aromatic heterocycles. The van der Waals surface area contributed by atoms with E-state index in [-0.39, 0.29) is 9.77 Å². The molecule has 5 nitrogen and oxygen atoms in total. The monoisotopic (exact) mass is 452 g/mol. The summed E-state index contributed by atoms with van der Waals surface area (Å²) in [6.45, 7) is 1.04. The fourth-order valence-corrected chi connectivity index (χ4v) is 6.94. The highest BCUT2D eigenvalue weighted by molar-refractivity contribution is 7.89. The fraction of sp³-hybridized carbons (Fsp3) is 0.211. The first kappa shape index (κ1) is 19.6. The molecule has 0 bridgehead atoms. The van der Waals surface area contributed by atoms with Crippen LogP contribution in [0.4, 0.5) is 0 Å². The highest BCUT2D eigenvalue weighted by Gasteiger charge is 2.32. The zero-order valence-electron chi connectivity index (χ0n) is 14.7. The molecule has 9 heteroatoms. The van der Waals surface area contributed by atoms with Gasteiger partial charge in [-0.2, -0.15) is 4.31 Å². The second kappa shape index (κ2) is 7.96. The van der Waals surface area contributed by atoms with Crippen molar-refractivity contribution in [2.45, 2.75) is 24.4 Å². The third-order valence-corrected chi connectivity index (χ3v) is 8.76. The molecule has 0 aliphatic carbocycles. The van der Waals surface area contributed by atoms with E-state index in [0.29, 0.717) is 30.4 Å². The van der Waals surface area contributed by atoms with Gasteiger partial charge in [0, 0.05) is 18.0 Å². The molecule has 0 saturated heterocycles. The molecule has 0 spiro atoms. The third kappa shape index (κ3) is 3.88. The van der Waals surface area contributed by atoms with Crippen LogP contribution in [0.3, 0.4) is 0 Å². The smallest absolute Gasteiger partial charge is 0.263 e. The van der Waals surface area contributed by atoms with Gasteiger partial charge in [-0.1, -0.05) is 35.9 Å². The van der Waals surface area contributed by atoms with Gasteiger partial charge in [-0.05, 0) is 41.1 Å². The molecule has 1 aliphatic rings. The van der Waals surface area contributed by atoms with Crippen molar-refractivity contribution >= 4 is 50.2 Å². The number of rotatable bonds is 5. The van der Waals surface area contributed by atoms with Gasteiger partial charge in [-0.25, -0.2) is 8.42 Å². The quantitative estimate of drug-likeness (QED) is 0.632. The Morgan fingerprint density at radius 1 is 1.14 bits per heavy atom. The first-order chi connectivity index (χ1) is 13.4. The highest BCUT2D eigenvalue weighted by atomic mass is 35.5. The standard InChI is InChI=1S/C19H17ClN2O3S3/c20-17-6-5-15(27-17)11-21-19(23)18-16(8-10-26-18)28(24,25)22-9-7-13-3-1-2-4-14(13)12-22/h1-6,8,10H,7,9,11-12H2,(H,21,23). The largest absolute Gasteiger partial charge is 0.346 e. The van der Waals surface area contributed by atoms with E-state index in [1.165, 1.54) is 27.3 Å². The van der Waals surface area contributed by atoms with E-state index in [1.54, 1.807) is 11.4 Å². The van der Waals surface area contributed by atoms with E-state index in [0.717, 1.165) is 21.8 Å². The van der Waals surface area contributed by atoms with Crippen molar-refractivity contribution in [1.29, 1.82) is 0 Å². The molecule has 0 radical (unpaired) electrons. The SMILES string of the molecule is O=C(NCc1ccc(Cl)s1)c1sccc1S(=O)(=O)N1CCc2ccccc2C1. The molecule has 1 amide bonds. The molecular formula is C19H17ClN2O3S3. The van der Waals surface area contributed by atoms with Gasteiger partial charge >= 0.3 is 0 Å². The van der Waals surface area contributed by atoms with Crippen LogP contribution in [0.5, 0.6) is 0 Å². The Labute approximate surface area is 176 Å². The molecule has 28 heavy (non-hydrogen) atoms. The van der Waals surface area contributed by atoms with Gasteiger partial charge in [0.2, 0.25) is 10.0 Å². The lowest BCUT2D eigenvalue weighted by Crippen LogP contribution is -2.36. The number of carbonyl (C=O) groups excluding carboxylic acids is 1. The van der Waals surface area contributed by atoms with Crippen LogP contribution in [0.25, 0.3) is 0 Å². The van der Waals surface area contributed by atoms with E-state index in [4.69, 9.17) is 11.6 Å². The summed E-state index contributed by atoms with van der Waals surface area (Å²) in [5.41, 5.74) is 2.18. The molecule has 146 valence electrons. The minimum Gasteiger partial charge on any atom is -0.346 e. The van der Waals surface area contributed by atoms with Crippen molar-refractivity contribution in [2.24, 2.45) is 0 Å². The first-order valence-corrected chi connectivity index (χ1v) is 12.1. The lowest BCUT2D eigenvalue weighted by Gasteiger charge is -2.28. The molecule has 3 aromatic rings. The van der Waals surface area contributed by atoms with E-state index in [9.17, 15) is 13.2 Å². The predicted molar refractivity (Wildman–Crippen MR) is 113 cm³/mol. The van der Waals surface area contributed by atoms with Crippen LogP contribution in [0, 0.1) is 0 Å². The molecule has 1 aromatic carbocycles. The number of benzene rings is 1. The number of nitrogens with one attached hydrogen (secondary N) is 1. The maximum atomic E-state index is 13.2. The Morgan fingerprint density at radius 2 is 1.93 bits per heavy atom. The number of fused-ring (bicyclic) bond motifs is 1. The maximum Gasteiger partial charge on any atom is 0.263 e. The van der Waals surface area contributed by atoms with Gasteiger partial charge in [0.15, 0.2) is 0 Å². The predicted octanol–water partition coefficient (Wildman–Crippen LogP) is 4.14. The molecular weight excluding hydrogens is 436 g/mol. The van der Waals surface area contributed by atoms with E-state index >= 15 is 0 Å². The van der Waals surface area contributed by atoms with Crippen LogP contribution in [-0.4, -0.2) is 25.2 Å². The van der Waals surface area contributed by atoms with Crippen molar-refractivity contribution in [3.05, 3.63) is 73.1 Å². The average Bonchev–Trinajstić information content (AvgIpc) is 3.35. The Bertz CT molecular complexity index is 1120. The lowest BCUT2D eigenvalue weighted by molar-refractivity contribution is 0.0952. The van der Waals surface area contributed by atoms with Crippen molar-refractivity contribution in [2.75, 3.05) is 6.54 Å². The molecule has 1 aliphatic heterocycles. The summed E-state index contributed by atoms with van der Waals surface area (Å²) in [6, 6.07) is 13.0. The van der Waals surface area contributed by atoms with Gasteiger partial charge < -0.3 is 5.32 Å². The Hall–Kier alpha value is -1.71. The van der Waals surface area contributed by atoms with Gasteiger partial charge in [-0.15, -0.1) is 22.7 Å². The fourth-order valence-electron chi connectivity index (χ4n) is 3.17. The van der Waals surface area contributed by atoms with Gasteiger partial charge in [0.05, 0.1) is 10.9 Å². The van der Waals surface area contributed by atoms with Crippen molar-refractivity contribution < 1.29 is 13.2 Å². The van der Waals surface area contributed by atoms with Crippen LogP contribution in [0.1, 0.15) is 25.7 Å². The zero-order valence-corrected chi connectivity index (χ0v) is 17.9. The summed E-state index contributed by atoms with van der Waals surface area (Å²) in [6.07, 6.45) is 0.667. The summed E-state index contributed by atoms with van der Waals surface area (Å²) >= 11 is 8.42. The molecule has 0 unspecified atom stereocenters. The number of sulfonamides is 1. The van der Waals surface area contributed by atoms with Crippen LogP contribution in [0.2, 0.25) is 4.34 Å². The van der Waals surface area contributed by atoms with E-state index in [2.05, 4.69) is 5.32 Å². The number of thiophene rings is 2. The zero-order chi connectivity index (χ0) is 19.7. The number of halogens is 1. The summed E-state index contributed by atoms with van der Waals surface area (Å²) in [5, 5.41) is 4.43. The maximum absolute atomic E-state index is 13.2. The molecule has 1 N–H and O–H groups in total. The lowest BCUT2D eigenvalue weighted by atomic mass is 10.0. The first-order valence-electron chi connectivity index (χ1n) is 8.62. The normalized spacial score (nSPS) is 14.6. The van der Waals surface area contributed by atoms with Gasteiger partial charge in [0.25, 0.3) is 5.91 Å². The Balaban J connectivity index is 1.53. The van der Waals surface area contributed by atoms with Crippen LogP contribution >= 0.6 is 34.3 Å². The second-order valence-electron chi connectivity index (χ2n) is 6.36. The number of nitrogens with zero attached hydrogens (tertiary/aromatic N) is 1. The van der Waals surface area contributed by atoms with Crippen molar-refractivity contribution in [1.82, 2.24) is 9.62 Å². The highest BCUT2D eigenvalue weighted by Crippen LogP contribution is 2.29. The van der Waals surface area contributed by atoms with Gasteiger partial charge in [-0.3, -0.25) is 4.79 Å². The summed E-state index contributed by atoms with van der Waals surface area (Å²) < 4.78 is 28.5. The second-order valence-corrected chi connectivity index (χ2v) is 11.0. The molecule has 3 heterocycles. The summed E-state index contributed by atoms with van der Waals surface area (Å²) in [7, 11) is -3.75. The Kier molecular flexibility index (Phi) is 5.57. The molecule has 4 rings (SSSR count). The van der Waals surface area contributed by atoms with Gasteiger partial charge in [0.1, 0.15) is 9.77 Å². The van der Waals surface area contributed by atoms with Crippen molar-refractivity contribution in [3.8, 4) is 0 Å². The number of amides is 1. The third-order valence-electron chi connectivity index (χ3n) is 4.60. The number of hydrogen-bond acceptors (Lipinski definition) is 5. The molecule has 0 saturated carbocycles. The Morgan fingerprint density at radius 3 is 2.68 bits per heavy atom. The van der Waals surface area contributed by atoms with Crippen LogP contribution < -0.4 is 5.32 Å². The van der Waals surface area contributed by atoms with E-state index in [1.807, 2.05) is 30.3 Å². The minimum absolute atomic E-state index is 0.0681. The topological polar surface area (TPSA) is 66.5 Å². The minimum atomic E-state index is -3.75. The average molecular weight is 453 g/mol. The molecule has 0 fully saturated rings.